The van der Waals surface area contributed by atoms with Crippen LogP contribution in [0.3, 0.4) is 0 Å². The van der Waals surface area contributed by atoms with Gasteiger partial charge in [0.05, 0.1) is 11.1 Å². The lowest BCUT2D eigenvalue weighted by Crippen LogP contribution is -1.76. The number of aromatic nitrogens is 2. The molecule has 0 aliphatic carbocycles. The number of nitrogens with zero attached hydrogens (tertiary/aromatic N) is 1. The van der Waals surface area contributed by atoms with Crippen molar-refractivity contribution in [3.05, 3.63) is 48.3 Å². The SMILES string of the molecule is C#Cc1cccc2[nH]c(C=CC=C)nc12. The number of fused-ring (bicyclic) bond motifs is 1. The Labute approximate surface area is 88.4 Å². The zero-order valence-electron chi connectivity index (χ0n) is 8.20. The standard InChI is InChI=1S/C13H10N2/c1-3-5-9-12-14-11-8-6-7-10(4-2)13(11)15-12/h2-3,5-9H,1H2,(H,14,15). The zero-order valence-corrected chi connectivity index (χ0v) is 8.20. The Kier molecular flexibility index (Phi) is 2.38. The van der Waals surface area contributed by atoms with Gasteiger partial charge in [-0.1, -0.05) is 30.7 Å². The molecule has 1 N–H and O–H groups in total. The quantitative estimate of drug-likeness (QED) is 0.578. The van der Waals surface area contributed by atoms with E-state index in [0.29, 0.717) is 0 Å². The number of aromatic amines is 1. The Balaban J connectivity index is 2.61. The second-order valence-electron chi connectivity index (χ2n) is 3.06. The molecule has 2 aromatic rings. The molecule has 2 rings (SSSR count). The summed E-state index contributed by atoms with van der Waals surface area (Å²) in [6.07, 6.45) is 10.8. The van der Waals surface area contributed by atoms with Gasteiger partial charge in [0.25, 0.3) is 0 Å². The van der Waals surface area contributed by atoms with E-state index in [1.54, 1.807) is 6.08 Å². The highest BCUT2D eigenvalue weighted by Gasteiger charge is 2.02. The van der Waals surface area contributed by atoms with Crippen LogP contribution in [-0.2, 0) is 0 Å². The lowest BCUT2D eigenvalue weighted by Gasteiger charge is -1.89. The summed E-state index contributed by atoms with van der Waals surface area (Å²) in [5.74, 6) is 3.40. The number of imidazole rings is 1. The molecule has 0 fully saturated rings. The minimum atomic E-state index is 0.785. The summed E-state index contributed by atoms with van der Waals surface area (Å²) < 4.78 is 0. The van der Waals surface area contributed by atoms with Crippen LogP contribution in [0.2, 0.25) is 0 Å². The van der Waals surface area contributed by atoms with E-state index in [9.17, 15) is 0 Å². The van der Waals surface area contributed by atoms with E-state index in [-0.39, 0.29) is 0 Å². The number of benzene rings is 1. The fourth-order valence-electron chi connectivity index (χ4n) is 1.41. The minimum Gasteiger partial charge on any atom is -0.338 e. The molecule has 0 atom stereocenters. The van der Waals surface area contributed by atoms with E-state index in [1.807, 2.05) is 30.4 Å². The van der Waals surface area contributed by atoms with E-state index in [2.05, 4.69) is 22.5 Å². The first-order valence-corrected chi connectivity index (χ1v) is 4.59. The first-order chi connectivity index (χ1) is 7.35. The maximum Gasteiger partial charge on any atom is 0.131 e. The molecule has 2 heteroatoms. The number of allylic oxidation sites excluding steroid dienone is 2. The molecule has 2 nitrogen and oxygen atoms in total. The van der Waals surface area contributed by atoms with Gasteiger partial charge in [0.15, 0.2) is 0 Å². The maximum atomic E-state index is 5.39. The van der Waals surface area contributed by atoms with E-state index < -0.39 is 0 Å². The molecular formula is C13H10N2. The molecule has 0 spiro atoms. The van der Waals surface area contributed by atoms with Gasteiger partial charge >= 0.3 is 0 Å². The van der Waals surface area contributed by atoms with Crippen LogP contribution in [0.5, 0.6) is 0 Å². The van der Waals surface area contributed by atoms with Gasteiger partial charge in [-0.25, -0.2) is 4.98 Å². The first-order valence-electron chi connectivity index (χ1n) is 4.59. The Hall–Kier alpha value is -2.27. The van der Waals surface area contributed by atoms with Crippen molar-refractivity contribution in [2.45, 2.75) is 0 Å². The van der Waals surface area contributed by atoms with Crippen molar-refractivity contribution in [3.63, 3.8) is 0 Å². The van der Waals surface area contributed by atoms with Crippen molar-refractivity contribution in [2.24, 2.45) is 0 Å². The lowest BCUT2D eigenvalue weighted by molar-refractivity contribution is 1.29. The van der Waals surface area contributed by atoms with Gasteiger partial charge in [-0.15, -0.1) is 6.42 Å². The molecule has 72 valence electrons. The number of H-pyrrole nitrogens is 1. The zero-order chi connectivity index (χ0) is 10.7. The van der Waals surface area contributed by atoms with Crippen LogP contribution in [0.4, 0.5) is 0 Å². The second kappa shape index (κ2) is 3.85. The topological polar surface area (TPSA) is 28.7 Å². The minimum absolute atomic E-state index is 0.785. The Bertz CT molecular complexity index is 568. The largest absolute Gasteiger partial charge is 0.338 e. The summed E-state index contributed by atoms with van der Waals surface area (Å²) in [5, 5.41) is 0. The van der Waals surface area contributed by atoms with Crippen LogP contribution in [0.25, 0.3) is 17.1 Å². The van der Waals surface area contributed by atoms with Gasteiger partial charge in [0.1, 0.15) is 11.3 Å². The van der Waals surface area contributed by atoms with E-state index in [1.165, 1.54) is 0 Å². The fourth-order valence-corrected chi connectivity index (χ4v) is 1.41. The number of hydrogen-bond acceptors (Lipinski definition) is 1. The summed E-state index contributed by atoms with van der Waals surface area (Å²) in [6.45, 7) is 3.60. The molecule has 0 aliphatic rings. The molecular weight excluding hydrogens is 184 g/mol. The summed E-state index contributed by atoms with van der Waals surface area (Å²) in [7, 11) is 0. The second-order valence-corrected chi connectivity index (χ2v) is 3.06. The molecule has 1 aromatic carbocycles. The van der Waals surface area contributed by atoms with Gasteiger partial charge in [-0.05, 0) is 18.2 Å². The molecule has 1 aromatic heterocycles. The molecule has 0 aliphatic heterocycles. The molecule has 0 bridgehead atoms. The van der Waals surface area contributed by atoms with Crippen molar-refractivity contribution in [1.29, 1.82) is 0 Å². The van der Waals surface area contributed by atoms with Crippen LogP contribution >= 0.6 is 0 Å². The van der Waals surface area contributed by atoms with Crippen LogP contribution in [0.15, 0.2) is 36.9 Å². The van der Waals surface area contributed by atoms with Gasteiger partial charge in [-0.3, -0.25) is 0 Å². The highest BCUT2D eigenvalue weighted by molar-refractivity contribution is 5.82. The molecule has 0 saturated carbocycles. The van der Waals surface area contributed by atoms with E-state index >= 15 is 0 Å². The van der Waals surface area contributed by atoms with Crippen LogP contribution in [0.1, 0.15) is 11.4 Å². The Morgan fingerprint density at radius 1 is 1.47 bits per heavy atom. The molecule has 0 saturated heterocycles. The summed E-state index contributed by atoms with van der Waals surface area (Å²) >= 11 is 0. The van der Waals surface area contributed by atoms with Crippen LogP contribution in [0, 0.1) is 12.3 Å². The molecule has 1 heterocycles. The maximum absolute atomic E-state index is 5.39. The van der Waals surface area contributed by atoms with Crippen molar-refractivity contribution in [3.8, 4) is 12.3 Å². The molecule has 0 radical (unpaired) electrons. The van der Waals surface area contributed by atoms with Gasteiger partial charge in [0, 0.05) is 0 Å². The number of hydrogen-bond donors (Lipinski definition) is 1. The van der Waals surface area contributed by atoms with E-state index in [0.717, 1.165) is 22.4 Å². The highest BCUT2D eigenvalue weighted by Crippen LogP contribution is 2.16. The summed E-state index contributed by atoms with van der Waals surface area (Å²) in [4.78, 5) is 7.55. The van der Waals surface area contributed by atoms with Gasteiger partial charge in [-0.2, -0.15) is 0 Å². The number of nitrogens with one attached hydrogen (secondary N) is 1. The third kappa shape index (κ3) is 1.68. The van der Waals surface area contributed by atoms with Crippen LogP contribution in [-0.4, -0.2) is 9.97 Å². The van der Waals surface area contributed by atoms with Gasteiger partial charge in [0.2, 0.25) is 0 Å². The van der Waals surface area contributed by atoms with Crippen molar-refractivity contribution in [2.75, 3.05) is 0 Å². The fraction of sp³-hybridized carbons (Fsp3) is 0. The highest BCUT2D eigenvalue weighted by atomic mass is 14.9. The first kappa shape index (κ1) is 9.29. The average Bonchev–Trinajstić information content (AvgIpc) is 2.68. The smallest absolute Gasteiger partial charge is 0.131 e. The van der Waals surface area contributed by atoms with Crippen molar-refractivity contribution >= 4 is 17.1 Å². The summed E-state index contributed by atoms with van der Waals surface area (Å²) in [6, 6.07) is 5.75. The molecule has 0 amide bonds. The van der Waals surface area contributed by atoms with Gasteiger partial charge < -0.3 is 4.98 Å². The number of terminal acetylenes is 1. The van der Waals surface area contributed by atoms with Crippen molar-refractivity contribution < 1.29 is 0 Å². The predicted octanol–water partition coefficient (Wildman–Crippen LogP) is 2.74. The normalized spacial score (nSPS) is 10.6. The number of rotatable bonds is 2. The monoisotopic (exact) mass is 194 g/mol. The molecule has 15 heavy (non-hydrogen) atoms. The molecule has 0 unspecified atom stereocenters. The summed E-state index contributed by atoms with van der Waals surface area (Å²) in [5.41, 5.74) is 2.60. The third-order valence-electron chi connectivity index (χ3n) is 2.08. The van der Waals surface area contributed by atoms with Crippen molar-refractivity contribution in [1.82, 2.24) is 9.97 Å². The average molecular weight is 194 g/mol. The third-order valence-corrected chi connectivity index (χ3v) is 2.08. The number of para-hydroxylation sites is 1. The Morgan fingerprint density at radius 3 is 3.07 bits per heavy atom. The lowest BCUT2D eigenvalue weighted by atomic mass is 10.2. The predicted molar refractivity (Wildman–Crippen MR) is 63.3 cm³/mol. The van der Waals surface area contributed by atoms with Crippen LogP contribution < -0.4 is 0 Å². The van der Waals surface area contributed by atoms with E-state index in [4.69, 9.17) is 6.42 Å². The Morgan fingerprint density at radius 2 is 2.33 bits per heavy atom.